The Bertz CT molecular complexity index is 75.0. The van der Waals surface area contributed by atoms with Gasteiger partial charge in [-0.05, 0) is 20.1 Å². The Morgan fingerprint density at radius 2 is 1.78 bits per heavy atom. The fourth-order valence-electron chi connectivity index (χ4n) is 1.00. The summed E-state index contributed by atoms with van der Waals surface area (Å²) < 4.78 is 0. The average Bonchev–Trinajstić information content (AvgIpc) is 1.90. The van der Waals surface area contributed by atoms with Crippen LogP contribution in [0.3, 0.4) is 0 Å². The van der Waals surface area contributed by atoms with Gasteiger partial charge >= 0.3 is 0 Å². The molecule has 0 aromatic carbocycles. The molecule has 1 aliphatic rings. The van der Waals surface area contributed by atoms with Gasteiger partial charge < -0.3 is 9.80 Å². The van der Waals surface area contributed by atoms with Crippen molar-refractivity contribution < 1.29 is 0 Å². The first-order valence-electron chi connectivity index (χ1n) is 3.38. The molecule has 1 rings (SSSR count). The molecule has 0 aromatic heterocycles. The Labute approximate surface area is 57.4 Å². The Balaban J connectivity index is 2.18. The van der Waals surface area contributed by atoms with Crippen LogP contribution in [0.5, 0.6) is 0 Å². The predicted molar refractivity (Wildman–Crippen MR) is 38.7 cm³/mol. The van der Waals surface area contributed by atoms with Gasteiger partial charge in [0.2, 0.25) is 0 Å². The average molecular weight is 126 g/mol. The van der Waals surface area contributed by atoms with Crippen molar-refractivity contribution in [2.75, 3.05) is 33.2 Å². The second-order valence-corrected chi connectivity index (χ2v) is 2.52. The summed E-state index contributed by atoms with van der Waals surface area (Å²) in [5, 5.41) is 0. The minimum Gasteiger partial charge on any atom is -0.411 e. The summed E-state index contributed by atoms with van der Waals surface area (Å²) in [6, 6.07) is 0. The lowest BCUT2D eigenvalue weighted by atomic mass is 10.3. The van der Waals surface area contributed by atoms with Crippen LogP contribution in [-0.4, -0.2) is 43.0 Å². The van der Waals surface area contributed by atoms with E-state index in [0.717, 1.165) is 13.1 Å². The van der Waals surface area contributed by atoms with Crippen molar-refractivity contribution in [1.82, 2.24) is 9.80 Å². The van der Waals surface area contributed by atoms with E-state index < -0.39 is 0 Å². The fraction of sp³-hybridized carbons (Fsp3) is 0.714. The number of piperazine rings is 1. The van der Waals surface area contributed by atoms with Gasteiger partial charge in [0.25, 0.3) is 0 Å². The normalized spacial score (nSPS) is 24.6. The molecule has 0 bridgehead atoms. The van der Waals surface area contributed by atoms with E-state index in [1.165, 1.54) is 13.1 Å². The maximum atomic E-state index is 3.72. The zero-order valence-electron chi connectivity index (χ0n) is 6.01. The quantitative estimate of drug-likeness (QED) is 0.464. The maximum Gasteiger partial charge on any atom is 0.00839 e. The van der Waals surface area contributed by atoms with Gasteiger partial charge in [-0.25, -0.2) is 0 Å². The SMILES string of the molecule is [CH2+][CH-]N1CCN(C)CC1. The van der Waals surface area contributed by atoms with Crippen LogP contribution in [0.4, 0.5) is 0 Å². The van der Waals surface area contributed by atoms with Crippen LogP contribution in [0.15, 0.2) is 0 Å². The molecule has 52 valence electrons. The molecule has 0 radical (unpaired) electrons. The van der Waals surface area contributed by atoms with Gasteiger partial charge in [0, 0.05) is 13.1 Å². The van der Waals surface area contributed by atoms with Crippen molar-refractivity contribution in [2.45, 2.75) is 0 Å². The van der Waals surface area contributed by atoms with E-state index in [1.807, 2.05) is 6.54 Å². The standard InChI is InChI=1S/C7H14N2/c1-3-9-6-4-8(2)5-7-9/h3H,1,4-7H2,2H3. The fourth-order valence-corrected chi connectivity index (χ4v) is 1.00. The monoisotopic (exact) mass is 126 g/mol. The zero-order valence-corrected chi connectivity index (χ0v) is 6.01. The third-order valence-electron chi connectivity index (χ3n) is 1.80. The molecular formula is C7H14N2. The number of likely N-dealkylation sites (N-methyl/N-ethyl adjacent to an activating group) is 1. The van der Waals surface area contributed by atoms with Gasteiger partial charge in [0.05, 0.1) is 0 Å². The Morgan fingerprint density at radius 3 is 2.22 bits per heavy atom. The molecule has 1 heterocycles. The van der Waals surface area contributed by atoms with Gasteiger partial charge in [0.15, 0.2) is 0 Å². The first-order chi connectivity index (χ1) is 4.33. The van der Waals surface area contributed by atoms with Crippen LogP contribution in [0.1, 0.15) is 0 Å². The minimum atomic E-state index is 1.14. The third-order valence-corrected chi connectivity index (χ3v) is 1.80. The van der Waals surface area contributed by atoms with Crippen LogP contribution in [-0.2, 0) is 0 Å². The molecule has 2 heteroatoms. The van der Waals surface area contributed by atoms with E-state index in [4.69, 9.17) is 0 Å². The third kappa shape index (κ3) is 1.88. The largest absolute Gasteiger partial charge is 0.411 e. The second-order valence-electron chi connectivity index (χ2n) is 2.52. The topological polar surface area (TPSA) is 6.48 Å². The summed E-state index contributed by atoms with van der Waals surface area (Å²) in [6.07, 6.45) is 0. The molecule has 0 N–H and O–H groups in total. The summed E-state index contributed by atoms with van der Waals surface area (Å²) in [5.41, 5.74) is 0. The van der Waals surface area contributed by atoms with E-state index in [0.29, 0.717) is 0 Å². The van der Waals surface area contributed by atoms with Crippen LogP contribution in [0.2, 0.25) is 0 Å². The highest BCUT2D eigenvalue weighted by Crippen LogP contribution is 1.99. The molecule has 0 saturated carbocycles. The molecule has 0 atom stereocenters. The van der Waals surface area contributed by atoms with Crippen LogP contribution < -0.4 is 0 Å². The van der Waals surface area contributed by atoms with E-state index in [2.05, 4.69) is 23.8 Å². The Morgan fingerprint density at radius 1 is 1.22 bits per heavy atom. The maximum absolute atomic E-state index is 3.72. The smallest absolute Gasteiger partial charge is 0.00839 e. The Hall–Kier alpha value is -0.210. The van der Waals surface area contributed by atoms with Crippen molar-refractivity contribution in [2.24, 2.45) is 0 Å². The highest BCUT2D eigenvalue weighted by molar-refractivity contribution is 4.76. The second kappa shape index (κ2) is 3.08. The molecule has 1 fully saturated rings. The van der Waals surface area contributed by atoms with Crippen LogP contribution >= 0.6 is 0 Å². The van der Waals surface area contributed by atoms with Crippen molar-refractivity contribution >= 4 is 0 Å². The molecule has 0 amide bonds. The first kappa shape index (κ1) is 6.90. The summed E-state index contributed by atoms with van der Waals surface area (Å²) in [4.78, 5) is 4.58. The lowest BCUT2D eigenvalue weighted by Crippen LogP contribution is -2.42. The van der Waals surface area contributed by atoms with Crippen molar-refractivity contribution in [3.63, 3.8) is 0 Å². The molecule has 1 aliphatic heterocycles. The summed E-state index contributed by atoms with van der Waals surface area (Å²) in [7, 11) is 2.15. The highest BCUT2D eigenvalue weighted by Gasteiger charge is 2.07. The minimum absolute atomic E-state index is 1.14. The molecule has 9 heavy (non-hydrogen) atoms. The molecule has 0 aliphatic carbocycles. The first-order valence-corrected chi connectivity index (χ1v) is 3.38. The highest BCUT2D eigenvalue weighted by atomic mass is 15.2. The summed E-state index contributed by atoms with van der Waals surface area (Å²) >= 11 is 0. The molecule has 0 aromatic rings. The molecule has 0 unspecified atom stereocenters. The van der Waals surface area contributed by atoms with Gasteiger partial charge in [-0.1, -0.05) is 13.5 Å². The van der Waals surface area contributed by atoms with Crippen LogP contribution in [0.25, 0.3) is 0 Å². The van der Waals surface area contributed by atoms with Gasteiger partial charge in [-0.2, -0.15) is 0 Å². The van der Waals surface area contributed by atoms with Crippen molar-refractivity contribution in [3.05, 3.63) is 13.5 Å². The Kier molecular flexibility index (Phi) is 2.37. The molecular weight excluding hydrogens is 112 g/mol. The van der Waals surface area contributed by atoms with Gasteiger partial charge in [-0.3, -0.25) is 0 Å². The lowest BCUT2D eigenvalue weighted by Gasteiger charge is -2.35. The van der Waals surface area contributed by atoms with E-state index in [1.54, 1.807) is 0 Å². The number of hydrogen-bond donors (Lipinski definition) is 0. The molecule has 2 nitrogen and oxygen atoms in total. The van der Waals surface area contributed by atoms with E-state index in [-0.39, 0.29) is 0 Å². The number of hydrogen-bond acceptors (Lipinski definition) is 2. The van der Waals surface area contributed by atoms with Gasteiger partial charge in [-0.15, -0.1) is 0 Å². The van der Waals surface area contributed by atoms with Gasteiger partial charge in [0.1, 0.15) is 0 Å². The summed E-state index contributed by atoms with van der Waals surface area (Å²) in [6.45, 7) is 10.3. The van der Waals surface area contributed by atoms with Crippen LogP contribution in [0, 0.1) is 13.5 Å². The lowest BCUT2D eigenvalue weighted by molar-refractivity contribution is 0.186. The zero-order chi connectivity index (χ0) is 6.69. The summed E-state index contributed by atoms with van der Waals surface area (Å²) in [5.74, 6) is 0. The molecule has 0 spiro atoms. The molecule has 1 saturated heterocycles. The van der Waals surface area contributed by atoms with Crippen molar-refractivity contribution in [1.29, 1.82) is 0 Å². The van der Waals surface area contributed by atoms with E-state index in [9.17, 15) is 0 Å². The number of nitrogens with zero attached hydrogens (tertiary/aromatic N) is 2. The predicted octanol–water partition coefficient (Wildman–Crippen LogP) is 0.230. The number of rotatable bonds is 1. The van der Waals surface area contributed by atoms with E-state index >= 15 is 0 Å². The van der Waals surface area contributed by atoms with Crippen molar-refractivity contribution in [3.8, 4) is 0 Å².